The number of carboxylic acid groups (broad SMARTS) is 1. The van der Waals surface area contributed by atoms with Gasteiger partial charge in [-0.1, -0.05) is 12.1 Å². The molecule has 0 saturated heterocycles. The van der Waals surface area contributed by atoms with Crippen LogP contribution in [0.1, 0.15) is 23.2 Å². The Balaban J connectivity index is 2.58. The molecule has 0 aliphatic carbocycles. The minimum atomic E-state index is -1.21. The van der Waals surface area contributed by atoms with Crippen molar-refractivity contribution in [3.05, 3.63) is 35.6 Å². The van der Waals surface area contributed by atoms with E-state index in [4.69, 9.17) is 16.2 Å². The van der Waals surface area contributed by atoms with E-state index in [1.165, 1.54) is 18.2 Å². The molecule has 0 aliphatic rings. The molecular weight excluding hydrogens is 279 g/mol. The molecule has 114 valence electrons. The molecule has 0 spiro atoms. The summed E-state index contributed by atoms with van der Waals surface area (Å²) in [5.41, 5.74) is 4.88. The predicted octanol–water partition coefficient (Wildman–Crippen LogP) is 0.272. The molecule has 7 nitrogen and oxygen atoms in total. The van der Waals surface area contributed by atoms with Crippen molar-refractivity contribution in [1.29, 1.82) is 5.41 Å². The number of nitrogens with two attached hydrogens (primary N) is 1. The summed E-state index contributed by atoms with van der Waals surface area (Å²) >= 11 is 0. The van der Waals surface area contributed by atoms with E-state index in [0.29, 0.717) is 13.0 Å². The Morgan fingerprint density at radius 3 is 2.62 bits per heavy atom. The Morgan fingerprint density at radius 2 is 2.05 bits per heavy atom. The van der Waals surface area contributed by atoms with E-state index in [-0.39, 0.29) is 17.9 Å². The lowest BCUT2D eigenvalue weighted by atomic mass is 10.1. The van der Waals surface area contributed by atoms with Gasteiger partial charge in [-0.3, -0.25) is 10.2 Å². The zero-order valence-corrected chi connectivity index (χ0v) is 11.2. The van der Waals surface area contributed by atoms with Gasteiger partial charge in [0.2, 0.25) is 0 Å². The molecular formula is C13H17FN4O3. The number of carbonyl (C=O) groups is 2. The Hall–Kier alpha value is -2.64. The fourth-order valence-corrected chi connectivity index (χ4v) is 1.67. The van der Waals surface area contributed by atoms with Gasteiger partial charge in [-0.2, -0.15) is 0 Å². The van der Waals surface area contributed by atoms with Gasteiger partial charge in [-0.05, 0) is 25.0 Å². The normalized spacial score (nSPS) is 11.5. The summed E-state index contributed by atoms with van der Waals surface area (Å²) in [6.45, 7) is 0.314. The number of carbonyl (C=O) groups excluding carboxylic acids is 1. The van der Waals surface area contributed by atoms with Gasteiger partial charge >= 0.3 is 5.97 Å². The van der Waals surface area contributed by atoms with E-state index in [1.54, 1.807) is 0 Å². The topological polar surface area (TPSA) is 128 Å². The van der Waals surface area contributed by atoms with Crippen molar-refractivity contribution in [2.45, 2.75) is 18.9 Å². The van der Waals surface area contributed by atoms with Crippen molar-refractivity contribution < 1.29 is 19.1 Å². The summed E-state index contributed by atoms with van der Waals surface area (Å²) in [5.74, 6) is -2.91. The first-order chi connectivity index (χ1) is 9.91. The molecule has 0 heterocycles. The van der Waals surface area contributed by atoms with Crippen molar-refractivity contribution in [2.24, 2.45) is 5.73 Å². The quantitative estimate of drug-likeness (QED) is 0.280. The third-order valence-corrected chi connectivity index (χ3v) is 2.71. The Morgan fingerprint density at radius 1 is 1.38 bits per heavy atom. The van der Waals surface area contributed by atoms with Crippen LogP contribution in [-0.4, -0.2) is 35.5 Å². The summed E-state index contributed by atoms with van der Waals surface area (Å²) in [7, 11) is 0. The molecule has 0 saturated carbocycles. The average Bonchev–Trinajstić information content (AvgIpc) is 2.41. The lowest BCUT2D eigenvalue weighted by Crippen LogP contribution is -2.41. The predicted molar refractivity (Wildman–Crippen MR) is 74.4 cm³/mol. The highest BCUT2D eigenvalue weighted by atomic mass is 19.1. The number of amides is 1. The SMILES string of the molecule is N=C(N)NCCCC(NC(=O)c1ccccc1F)C(=O)O. The van der Waals surface area contributed by atoms with Crippen molar-refractivity contribution in [1.82, 2.24) is 10.6 Å². The van der Waals surface area contributed by atoms with E-state index < -0.39 is 23.7 Å². The molecule has 1 amide bonds. The number of rotatable bonds is 7. The third-order valence-electron chi connectivity index (χ3n) is 2.71. The van der Waals surface area contributed by atoms with Crippen molar-refractivity contribution in [3.63, 3.8) is 0 Å². The third kappa shape index (κ3) is 5.47. The minimum absolute atomic E-state index is 0.135. The highest BCUT2D eigenvalue weighted by Gasteiger charge is 2.21. The van der Waals surface area contributed by atoms with Gasteiger partial charge in [0.05, 0.1) is 5.56 Å². The van der Waals surface area contributed by atoms with Gasteiger partial charge in [0.25, 0.3) is 5.91 Å². The van der Waals surface area contributed by atoms with Gasteiger partial charge in [-0.25, -0.2) is 9.18 Å². The average molecular weight is 296 g/mol. The van der Waals surface area contributed by atoms with E-state index in [2.05, 4.69) is 10.6 Å². The second-order valence-corrected chi connectivity index (χ2v) is 4.33. The van der Waals surface area contributed by atoms with E-state index in [0.717, 1.165) is 6.07 Å². The number of hydrogen-bond donors (Lipinski definition) is 5. The molecule has 0 aliphatic heterocycles. The minimum Gasteiger partial charge on any atom is -0.480 e. The summed E-state index contributed by atoms with van der Waals surface area (Å²) in [4.78, 5) is 22.9. The molecule has 0 radical (unpaired) electrons. The molecule has 1 rings (SSSR count). The molecule has 0 fully saturated rings. The first-order valence-electron chi connectivity index (χ1n) is 6.28. The number of nitrogens with one attached hydrogen (secondary N) is 3. The van der Waals surface area contributed by atoms with Crippen LogP contribution in [0.5, 0.6) is 0 Å². The highest BCUT2D eigenvalue weighted by Crippen LogP contribution is 2.07. The van der Waals surface area contributed by atoms with E-state index >= 15 is 0 Å². The van der Waals surface area contributed by atoms with Gasteiger partial charge in [0.1, 0.15) is 11.9 Å². The summed E-state index contributed by atoms with van der Waals surface area (Å²) in [5, 5.41) is 20.8. The van der Waals surface area contributed by atoms with Gasteiger partial charge in [0.15, 0.2) is 5.96 Å². The van der Waals surface area contributed by atoms with E-state index in [9.17, 15) is 14.0 Å². The number of aliphatic carboxylic acids is 1. The zero-order valence-electron chi connectivity index (χ0n) is 11.2. The summed E-state index contributed by atoms with van der Waals surface area (Å²) in [6, 6.07) is 4.20. The number of hydrogen-bond acceptors (Lipinski definition) is 3. The molecule has 6 N–H and O–H groups in total. The number of guanidine groups is 1. The maximum absolute atomic E-state index is 13.4. The Bertz CT molecular complexity index is 536. The smallest absolute Gasteiger partial charge is 0.326 e. The molecule has 8 heteroatoms. The zero-order chi connectivity index (χ0) is 15.8. The molecule has 1 unspecified atom stereocenters. The second kappa shape index (κ2) is 7.83. The maximum atomic E-state index is 13.4. The maximum Gasteiger partial charge on any atom is 0.326 e. The Kier molecular flexibility index (Phi) is 6.12. The molecule has 1 aromatic carbocycles. The van der Waals surface area contributed by atoms with Gasteiger partial charge in [-0.15, -0.1) is 0 Å². The summed E-state index contributed by atoms with van der Waals surface area (Å²) < 4.78 is 13.4. The largest absolute Gasteiger partial charge is 0.480 e. The van der Waals surface area contributed by atoms with Crippen molar-refractivity contribution in [3.8, 4) is 0 Å². The first-order valence-corrected chi connectivity index (χ1v) is 6.28. The fourth-order valence-electron chi connectivity index (χ4n) is 1.67. The van der Waals surface area contributed by atoms with Gasteiger partial charge in [0, 0.05) is 6.54 Å². The molecule has 1 aromatic rings. The molecule has 0 bridgehead atoms. The van der Waals surface area contributed by atoms with Crippen LogP contribution in [-0.2, 0) is 4.79 Å². The number of carboxylic acids is 1. The number of halogens is 1. The van der Waals surface area contributed by atoms with Crippen LogP contribution < -0.4 is 16.4 Å². The van der Waals surface area contributed by atoms with E-state index in [1.807, 2.05) is 0 Å². The number of benzene rings is 1. The summed E-state index contributed by atoms with van der Waals surface area (Å²) in [6.07, 6.45) is 0.518. The van der Waals surface area contributed by atoms with Gasteiger partial charge < -0.3 is 21.5 Å². The van der Waals surface area contributed by atoms with Crippen LogP contribution in [0.15, 0.2) is 24.3 Å². The van der Waals surface area contributed by atoms with Crippen LogP contribution in [0.2, 0.25) is 0 Å². The Labute approximate surface area is 120 Å². The van der Waals surface area contributed by atoms with Crippen LogP contribution in [0.25, 0.3) is 0 Å². The van der Waals surface area contributed by atoms with Crippen molar-refractivity contribution >= 4 is 17.8 Å². The standard InChI is InChI=1S/C13H17FN4O3/c14-9-5-2-1-4-8(9)11(19)18-10(12(20)21)6-3-7-17-13(15)16/h1-2,4-5,10H,3,6-7H2,(H,18,19)(H,20,21)(H4,15,16,17). The fraction of sp³-hybridized carbons (Fsp3) is 0.308. The van der Waals surface area contributed by atoms with Crippen LogP contribution in [0.4, 0.5) is 4.39 Å². The van der Waals surface area contributed by atoms with Crippen LogP contribution in [0, 0.1) is 11.2 Å². The molecule has 1 atom stereocenters. The van der Waals surface area contributed by atoms with Crippen LogP contribution in [0.3, 0.4) is 0 Å². The molecule has 0 aromatic heterocycles. The lowest BCUT2D eigenvalue weighted by Gasteiger charge is -2.15. The first kappa shape index (κ1) is 16.4. The highest BCUT2D eigenvalue weighted by molar-refractivity contribution is 5.96. The monoisotopic (exact) mass is 296 g/mol. The molecule has 21 heavy (non-hydrogen) atoms. The van der Waals surface area contributed by atoms with Crippen LogP contribution >= 0.6 is 0 Å². The van der Waals surface area contributed by atoms with Crippen molar-refractivity contribution in [2.75, 3.05) is 6.54 Å². The second-order valence-electron chi connectivity index (χ2n) is 4.33. The lowest BCUT2D eigenvalue weighted by molar-refractivity contribution is -0.139.